The van der Waals surface area contributed by atoms with Gasteiger partial charge in [0, 0.05) is 19.3 Å². The van der Waals surface area contributed by atoms with Gasteiger partial charge < -0.3 is 4.90 Å². The number of aromatic nitrogens is 2. The van der Waals surface area contributed by atoms with Crippen LogP contribution in [-0.2, 0) is 6.54 Å². The van der Waals surface area contributed by atoms with Crippen LogP contribution < -0.4 is 0 Å². The fraction of sp³-hybridized carbons (Fsp3) is 0.294. The maximum atomic E-state index is 13.0. The average molecular weight is 313 g/mol. The fourth-order valence-corrected chi connectivity index (χ4v) is 3.31. The van der Waals surface area contributed by atoms with Gasteiger partial charge in [0.15, 0.2) is 0 Å². The quantitative estimate of drug-likeness (QED) is 0.719. The monoisotopic (exact) mass is 313 g/mol. The van der Waals surface area contributed by atoms with Crippen molar-refractivity contribution in [3.63, 3.8) is 0 Å². The van der Waals surface area contributed by atoms with Gasteiger partial charge in [-0.05, 0) is 47.9 Å². The van der Waals surface area contributed by atoms with E-state index < -0.39 is 0 Å². The Labute approximate surface area is 134 Å². The van der Waals surface area contributed by atoms with Crippen molar-refractivity contribution in [2.24, 2.45) is 0 Å². The molecule has 0 spiro atoms. The SMILES string of the molecule is CCCN(Cc1ccsc1)C(=O)c1c(C)nc2ccccn12. The molecule has 0 atom stereocenters. The first-order valence-corrected chi connectivity index (χ1v) is 8.39. The van der Waals surface area contributed by atoms with Crippen molar-refractivity contribution < 1.29 is 4.79 Å². The molecule has 114 valence electrons. The molecule has 0 aliphatic rings. The van der Waals surface area contributed by atoms with Crippen molar-refractivity contribution in [2.75, 3.05) is 6.54 Å². The van der Waals surface area contributed by atoms with Crippen molar-refractivity contribution in [2.45, 2.75) is 26.8 Å². The molecule has 0 saturated heterocycles. The molecule has 3 aromatic rings. The highest BCUT2D eigenvalue weighted by Crippen LogP contribution is 2.17. The Morgan fingerprint density at radius 2 is 2.23 bits per heavy atom. The Bertz CT molecular complexity index is 776. The summed E-state index contributed by atoms with van der Waals surface area (Å²) in [4.78, 5) is 19.4. The van der Waals surface area contributed by atoms with E-state index in [1.165, 1.54) is 5.56 Å². The standard InChI is InChI=1S/C17H19N3OS/c1-3-8-19(11-14-7-10-22-12-14)17(21)16-13(2)18-15-6-4-5-9-20(15)16/h4-7,9-10,12H,3,8,11H2,1-2H3. The number of carbonyl (C=O) groups excluding carboxylic acids is 1. The first kappa shape index (κ1) is 14.8. The van der Waals surface area contributed by atoms with Crippen molar-refractivity contribution in [1.29, 1.82) is 0 Å². The topological polar surface area (TPSA) is 37.6 Å². The summed E-state index contributed by atoms with van der Waals surface area (Å²) in [6.07, 6.45) is 2.84. The molecule has 0 unspecified atom stereocenters. The number of carbonyl (C=O) groups is 1. The Morgan fingerprint density at radius 1 is 1.36 bits per heavy atom. The molecule has 4 nitrogen and oxygen atoms in total. The van der Waals surface area contributed by atoms with Gasteiger partial charge >= 0.3 is 0 Å². The van der Waals surface area contributed by atoms with Crippen LogP contribution in [0.15, 0.2) is 41.2 Å². The predicted octanol–water partition coefficient (Wildman–Crippen LogP) is 3.76. The number of rotatable bonds is 5. The predicted molar refractivity (Wildman–Crippen MR) is 89.3 cm³/mol. The minimum atomic E-state index is 0.0456. The summed E-state index contributed by atoms with van der Waals surface area (Å²) >= 11 is 1.66. The van der Waals surface area contributed by atoms with Crippen LogP contribution in [0.1, 0.15) is 35.1 Å². The van der Waals surface area contributed by atoms with E-state index in [0.717, 1.165) is 24.3 Å². The van der Waals surface area contributed by atoms with E-state index in [1.807, 2.05) is 46.0 Å². The van der Waals surface area contributed by atoms with Crippen LogP contribution in [0.4, 0.5) is 0 Å². The highest BCUT2D eigenvalue weighted by atomic mass is 32.1. The molecule has 3 aromatic heterocycles. The molecular weight excluding hydrogens is 294 g/mol. The summed E-state index contributed by atoms with van der Waals surface area (Å²) in [7, 11) is 0. The molecule has 0 fully saturated rings. The molecule has 22 heavy (non-hydrogen) atoms. The molecule has 0 aliphatic carbocycles. The van der Waals surface area contributed by atoms with Crippen LogP contribution >= 0.6 is 11.3 Å². The normalized spacial score (nSPS) is 11.0. The van der Waals surface area contributed by atoms with Gasteiger partial charge in [0.2, 0.25) is 0 Å². The summed E-state index contributed by atoms with van der Waals surface area (Å²) in [6.45, 7) is 5.38. The fourth-order valence-electron chi connectivity index (χ4n) is 2.65. The van der Waals surface area contributed by atoms with E-state index >= 15 is 0 Å². The summed E-state index contributed by atoms with van der Waals surface area (Å²) in [5.41, 5.74) is 3.44. The Balaban J connectivity index is 1.96. The molecule has 1 amide bonds. The zero-order valence-electron chi connectivity index (χ0n) is 12.8. The minimum Gasteiger partial charge on any atom is -0.333 e. The third kappa shape index (κ3) is 2.76. The minimum absolute atomic E-state index is 0.0456. The van der Waals surface area contributed by atoms with Crippen molar-refractivity contribution in [3.8, 4) is 0 Å². The highest BCUT2D eigenvalue weighted by molar-refractivity contribution is 7.07. The molecule has 0 N–H and O–H groups in total. The largest absolute Gasteiger partial charge is 0.333 e. The number of amides is 1. The van der Waals surface area contributed by atoms with Gasteiger partial charge in [0.05, 0.1) is 5.69 Å². The van der Waals surface area contributed by atoms with E-state index in [4.69, 9.17) is 0 Å². The lowest BCUT2D eigenvalue weighted by Gasteiger charge is -2.21. The Morgan fingerprint density at radius 3 is 2.95 bits per heavy atom. The van der Waals surface area contributed by atoms with Crippen LogP contribution in [0.2, 0.25) is 0 Å². The molecule has 3 rings (SSSR count). The molecule has 0 radical (unpaired) electrons. The van der Waals surface area contributed by atoms with Crippen LogP contribution in [0.5, 0.6) is 0 Å². The second kappa shape index (κ2) is 6.32. The number of pyridine rings is 1. The van der Waals surface area contributed by atoms with Gasteiger partial charge in [-0.15, -0.1) is 0 Å². The number of fused-ring (bicyclic) bond motifs is 1. The van der Waals surface area contributed by atoms with Crippen molar-refractivity contribution in [3.05, 3.63) is 58.2 Å². The molecule has 5 heteroatoms. The molecular formula is C17H19N3OS. The highest BCUT2D eigenvalue weighted by Gasteiger charge is 2.22. The van der Waals surface area contributed by atoms with Gasteiger partial charge in [-0.25, -0.2) is 4.98 Å². The lowest BCUT2D eigenvalue weighted by atomic mass is 10.2. The smallest absolute Gasteiger partial charge is 0.273 e. The summed E-state index contributed by atoms with van der Waals surface area (Å²) in [5, 5.41) is 4.14. The first-order chi connectivity index (χ1) is 10.7. The maximum absolute atomic E-state index is 13.0. The first-order valence-electron chi connectivity index (χ1n) is 7.44. The number of imidazole rings is 1. The third-order valence-corrected chi connectivity index (χ3v) is 4.37. The zero-order valence-corrected chi connectivity index (χ0v) is 13.6. The average Bonchev–Trinajstić information content (AvgIpc) is 3.12. The number of thiophene rings is 1. The Kier molecular flexibility index (Phi) is 4.24. The van der Waals surface area contributed by atoms with Gasteiger partial charge in [0.25, 0.3) is 5.91 Å². The lowest BCUT2D eigenvalue weighted by molar-refractivity contribution is 0.0735. The van der Waals surface area contributed by atoms with E-state index in [9.17, 15) is 4.79 Å². The second-order valence-electron chi connectivity index (χ2n) is 5.33. The van der Waals surface area contributed by atoms with Gasteiger partial charge in [-0.3, -0.25) is 9.20 Å². The summed E-state index contributed by atoms with van der Waals surface area (Å²) in [6, 6.07) is 7.86. The molecule has 3 heterocycles. The van der Waals surface area contributed by atoms with E-state index in [2.05, 4.69) is 23.4 Å². The molecule has 0 bridgehead atoms. The van der Waals surface area contributed by atoms with Crippen LogP contribution in [0, 0.1) is 6.92 Å². The Hall–Kier alpha value is -2.14. The lowest BCUT2D eigenvalue weighted by Crippen LogP contribution is -2.32. The van der Waals surface area contributed by atoms with E-state index in [-0.39, 0.29) is 5.91 Å². The number of nitrogens with zero attached hydrogens (tertiary/aromatic N) is 3. The number of aryl methyl sites for hydroxylation is 1. The molecule has 0 aromatic carbocycles. The van der Waals surface area contributed by atoms with Gasteiger partial charge in [-0.2, -0.15) is 11.3 Å². The number of hydrogen-bond acceptors (Lipinski definition) is 3. The van der Waals surface area contributed by atoms with Crippen LogP contribution in [-0.4, -0.2) is 26.7 Å². The second-order valence-corrected chi connectivity index (χ2v) is 6.11. The van der Waals surface area contributed by atoms with E-state index in [1.54, 1.807) is 11.3 Å². The third-order valence-electron chi connectivity index (χ3n) is 3.64. The van der Waals surface area contributed by atoms with E-state index in [0.29, 0.717) is 12.2 Å². The van der Waals surface area contributed by atoms with Gasteiger partial charge in [-0.1, -0.05) is 13.0 Å². The maximum Gasteiger partial charge on any atom is 0.273 e. The van der Waals surface area contributed by atoms with Crippen LogP contribution in [0.3, 0.4) is 0 Å². The summed E-state index contributed by atoms with van der Waals surface area (Å²) in [5.74, 6) is 0.0456. The zero-order chi connectivity index (χ0) is 15.5. The molecule has 0 aliphatic heterocycles. The van der Waals surface area contributed by atoms with Crippen molar-refractivity contribution >= 4 is 22.9 Å². The summed E-state index contributed by atoms with van der Waals surface area (Å²) < 4.78 is 1.88. The number of hydrogen-bond donors (Lipinski definition) is 0. The van der Waals surface area contributed by atoms with Gasteiger partial charge in [0.1, 0.15) is 11.3 Å². The van der Waals surface area contributed by atoms with Crippen LogP contribution in [0.25, 0.3) is 5.65 Å². The van der Waals surface area contributed by atoms with Crippen molar-refractivity contribution in [1.82, 2.24) is 14.3 Å². The molecule has 0 saturated carbocycles.